The average molecular weight is 298 g/mol. The van der Waals surface area contributed by atoms with Crippen molar-refractivity contribution in [3.8, 4) is 0 Å². The van der Waals surface area contributed by atoms with Crippen molar-refractivity contribution >= 4 is 17.4 Å². The molecular weight excluding hydrogens is 283 g/mol. The zero-order valence-electron chi connectivity index (χ0n) is 11.9. The Hall–Kier alpha value is -2.82. The first-order valence-corrected chi connectivity index (χ1v) is 6.78. The third-order valence-corrected chi connectivity index (χ3v) is 3.00. The molecule has 0 fully saturated rings. The van der Waals surface area contributed by atoms with Gasteiger partial charge in [-0.15, -0.1) is 6.58 Å². The number of carbonyl (C=O) groups is 2. The number of nitrogens with one attached hydrogen (secondary N) is 1. The van der Waals surface area contributed by atoms with Crippen molar-refractivity contribution in [1.29, 1.82) is 0 Å². The Morgan fingerprint density at radius 2 is 2.09 bits per heavy atom. The lowest BCUT2D eigenvalue weighted by Crippen LogP contribution is -2.14. The van der Waals surface area contributed by atoms with Crippen LogP contribution in [0.5, 0.6) is 0 Å². The van der Waals surface area contributed by atoms with E-state index in [9.17, 15) is 14.0 Å². The molecule has 0 bridgehead atoms. The topological polar surface area (TPSA) is 59.1 Å². The van der Waals surface area contributed by atoms with Crippen LogP contribution in [-0.2, 0) is 0 Å². The molecule has 0 aliphatic carbocycles. The molecule has 2 rings (SSSR count). The molecule has 0 aliphatic heterocycles. The minimum atomic E-state index is -0.659. The van der Waals surface area contributed by atoms with Crippen LogP contribution in [-0.4, -0.2) is 16.7 Å². The molecule has 1 aromatic carbocycles. The molecular formula is C17H15FN2O2. The van der Waals surface area contributed by atoms with Crippen LogP contribution in [0, 0.1) is 5.82 Å². The normalized spacial score (nSPS) is 10.0. The van der Waals surface area contributed by atoms with E-state index >= 15 is 0 Å². The van der Waals surface area contributed by atoms with Crippen LogP contribution in [0.3, 0.4) is 0 Å². The highest BCUT2D eigenvalue weighted by Gasteiger charge is 2.13. The number of allylic oxidation sites excluding steroid dienone is 1. The van der Waals surface area contributed by atoms with Gasteiger partial charge in [-0.25, -0.2) is 4.39 Å². The summed E-state index contributed by atoms with van der Waals surface area (Å²) in [5, 5.41) is 2.54. The second-order valence-corrected chi connectivity index (χ2v) is 4.61. The first-order chi connectivity index (χ1) is 10.6. The molecule has 1 aromatic heterocycles. The maximum absolute atomic E-state index is 14.0. The number of ketones is 1. The highest BCUT2D eigenvalue weighted by Crippen LogP contribution is 2.17. The number of hydrogen-bond acceptors (Lipinski definition) is 3. The van der Waals surface area contributed by atoms with Crippen LogP contribution < -0.4 is 5.32 Å². The monoisotopic (exact) mass is 298 g/mol. The van der Waals surface area contributed by atoms with Crippen molar-refractivity contribution in [1.82, 2.24) is 4.98 Å². The van der Waals surface area contributed by atoms with Gasteiger partial charge in [-0.1, -0.05) is 12.1 Å². The first-order valence-electron chi connectivity index (χ1n) is 6.78. The molecule has 0 saturated carbocycles. The Labute approximate surface area is 127 Å². The van der Waals surface area contributed by atoms with Crippen molar-refractivity contribution in [2.75, 3.05) is 5.32 Å². The second kappa shape index (κ2) is 7.26. The van der Waals surface area contributed by atoms with Gasteiger partial charge in [0.05, 0.1) is 5.56 Å². The van der Waals surface area contributed by atoms with Crippen LogP contribution in [0.4, 0.5) is 10.1 Å². The Morgan fingerprint density at radius 3 is 2.73 bits per heavy atom. The molecule has 1 N–H and O–H groups in total. The van der Waals surface area contributed by atoms with Crippen LogP contribution >= 0.6 is 0 Å². The molecule has 112 valence electrons. The zero-order chi connectivity index (χ0) is 15.9. The van der Waals surface area contributed by atoms with Crippen LogP contribution in [0.2, 0.25) is 0 Å². The quantitative estimate of drug-likeness (QED) is 0.654. The molecule has 2 aromatic rings. The molecule has 22 heavy (non-hydrogen) atoms. The Balaban J connectivity index is 2.11. The summed E-state index contributed by atoms with van der Waals surface area (Å²) in [6.45, 7) is 3.52. The molecule has 5 heteroatoms. The van der Waals surface area contributed by atoms with Gasteiger partial charge < -0.3 is 5.32 Å². The lowest BCUT2D eigenvalue weighted by molar-refractivity contribution is 0.0978. The zero-order valence-corrected chi connectivity index (χ0v) is 11.9. The molecule has 0 radical (unpaired) electrons. The van der Waals surface area contributed by atoms with E-state index in [0.717, 1.165) is 6.07 Å². The van der Waals surface area contributed by atoms with E-state index in [4.69, 9.17) is 0 Å². The summed E-state index contributed by atoms with van der Waals surface area (Å²) in [7, 11) is 0. The van der Waals surface area contributed by atoms with Crippen molar-refractivity contribution < 1.29 is 14.0 Å². The summed E-state index contributed by atoms with van der Waals surface area (Å²) in [5.41, 5.74) is 0.514. The number of Topliss-reactive ketones (excluding diaryl/α,β-unsaturated/α-hetero) is 1. The summed E-state index contributed by atoms with van der Waals surface area (Å²) < 4.78 is 14.0. The molecule has 0 unspecified atom stereocenters. The van der Waals surface area contributed by atoms with E-state index in [2.05, 4.69) is 16.9 Å². The average Bonchev–Trinajstić information content (AvgIpc) is 2.53. The van der Waals surface area contributed by atoms with Gasteiger partial charge in [0.15, 0.2) is 5.78 Å². The highest BCUT2D eigenvalue weighted by molar-refractivity contribution is 6.03. The van der Waals surface area contributed by atoms with E-state index in [1.54, 1.807) is 24.3 Å². The van der Waals surface area contributed by atoms with E-state index in [1.807, 2.05) is 0 Å². The number of anilines is 1. The number of pyridine rings is 1. The number of rotatable bonds is 6. The molecule has 0 atom stereocenters. The Kier molecular flexibility index (Phi) is 5.14. The van der Waals surface area contributed by atoms with E-state index in [-0.39, 0.29) is 29.1 Å². The predicted octanol–water partition coefficient (Wildman–Crippen LogP) is 3.62. The van der Waals surface area contributed by atoms with Crippen molar-refractivity contribution in [2.45, 2.75) is 12.8 Å². The molecule has 0 saturated heterocycles. The van der Waals surface area contributed by atoms with Crippen LogP contribution in [0.1, 0.15) is 33.7 Å². The molecule has 0 spiro atoms. The fourth-order valence-corrected chi connectivity index (χ4v) is 1.88. The fourth-order valence-electron chi connectivity index (χ4n) is 1.88. The van der Waals surface area contributed by atoms with Gasteiger partial charge in [-0.2, -0.15) is 0 Å². The van der Waals surface area contributed by atoms with Gasteiger partial charge >= 0.3 is 0 Å². The number of nitrogens with zero attached hydrogens (tertiary/aromatic N) is 1. The summed E-state index contributed by atoms with van der Waals surface area (Å²) in [6, 6.07) is 8.92. The van der Waals surface area contributed by atoms with E-state index < -0.39 is 11.7 Å². The smallest absolute Gasteiger partial charge is 0.274 e. The number of amides is 1. The van der Waals surface area contributed by atoms with Crippen molar-refractivity contribution in [3.05, 3.63) is 72.3 Å². The Morgan fingerprint density at radius 1 is 1.27 bits per heavy atom. The highest BCUT2D eigenvalue weighted by atomic mass is 19.1. The molecule has 0 aliphatic rings. The third kappa shape index (κ3) is 3.85. The summed E-state index contributed by atoms with van der Waals surface area (Å²) in [5.74, 6) is -1.39. The third-order valence-electron chi connectivity index (χ3n) is 3.00. The molecule has 1 heterocycles. The minimum absolute atomic E-state index is 0.0117. The van der Waals surface area contributed by atoms with Crippen molar-refractivity contribution in [3.63, 3.8) is 0 Å². The van der Waals surface area contributed by atoms with Gasteiger partial charge in [0.1, 0.15) is 11.5 Å². The summed E-state index contributed by atoms with van der Waals surface area (Å²) >= 11 is 0. The minimum Gasteiger partial charge on any atom is -0.321 e. The van der Waals surface area contributed by atoms with Crippen LogP contribution in [0.25, 0.3) is 0 Å². The molecule has 4 nitrogen and oxygen atoms in total. The SMILES string of the molecule is C=CCCC(=O)c1ccc(NC(=O)c2ccccn2)cc1F. The summed E-state index contributed by atoms with van der Waals surface area (Å²) in [6.07, 6.45) is 3.81. The number of hydrogen-bond donors (Lipinski definition) is 1. The standard InChI is InChI=1S/C17H15FN2O2/c1-2-3-7-16(21)13-9-8-12(11-14(13)18)20-17(22)15-6-4-5-10-19-15/h2,4-6,8-11H,1,3,7H2,(H,20,22). The number of halogens is 1. The van der Waals surface area contributed by atoms with Gasteiger partial charge in [0, 0.05) is 18.3 Å². The maximum Gasteiger partial charge on any atom is 0.274 e. The van der Waals surface area contributed by atoms with E-state index in [0.29, 0.717) is 6.42 Å². The second-order valence-electron chi connectivity index (χ2n) is 4.61. The van der Waals surface area contributed by atoms with Gasteiger partial charge in [0.2, 0.25) is 0 Å². The van der Waals surface area contributed by atoms with Crippen LogP contribution in [0.15, 0.2) is 55.3 Å². The predicted molar refractivity (Wildman–Crippen MR) is 82.4 cm³/mol. The van der Waals surface area contributed by atoms with Gasteiger partial charge in [-0.3, -0.25) is 14.6 Å². The van der Waals surface area contributed by atoms with Crippen molar-refractivity contribution in [2.24, 2.45) is 0 Å². The van der Waals surface area contributed by atoms with Gasteiger partial charge in [-0.05, 0) is 36.8 Å². The number of carbonyl (C=O) groups excluding carboxylic acids is 2. The van der Waals surface area contributed by atoms with Gasteiger partial charge in [0.25, 0.3) is 5.91 Å². The first kappa shape index (κ1) is 15.6. The molecule has 1 amide bonds. The number of aromatic nitrogens is 1. The lowest BCUT2D eigenvalue weighted by atomic mass is 10.1. The van der Waals surface area contributed by atoms with E-state index in [1.165, 1.54) is 18.3 Å². The maximum atomic E-state index is 14.0. The fraction of sp³-hybridized carbons (Fsp3) is 0.118. The largest absolute Gasteiger partial charge is 0.321 e. The lowest BCUT2D eigenvalue weighted by Gasteiger charge is -2.07. The number of benzene rings is 1. The summed E-state index contributed by atoms with van der Waals surface area (Å²) in [4.78, 5) is 27.6. The Bertz CT molecular complexity index is 699.